The molecule has 4 nitrogen and oxygen atoms in total. The van der Waals surface area contributed by atoms with E-state index in [0.717, 1.165) is 42.4 Å². The molecule has 37 heavy (non-hydrogen) atoms. The third-order valence-corrected chi connectivity index (χ3v) is 8.63. The molecule has 0 aliphatic carbocycles. The molecule has 0 fully saturated rings. The van der Waals surface area contributed by atoms with Crippen LogP contribution in [0.5, 0.6) is 0 Å². The van der Waals surface area contributed by atoms with E-state index in [2.05, 4.69) is 29.6 Å². The van der Waals surface area contributed by atoms with Crippen molar-refractivity contribution >= 4 is 9.84 Å². The average molecular weight is 514 g/mol. The number of rotatable bonds is 12. The molecule has 4 aromatic carbocycles. The zero-order valence-corrected chi connectivity index (χ0v) is 22.1. The highest BCUT2D eigenvalue weighted by atomic mass is 32.2. The molecule has 5 heteroatoms. The van der Waals surface area contributed by atoms with E-state index in [4.69, 9.17) is 5.11 Å². The molecular formula is C32H35NO3S. The van der Waals surface area contributed by atoms with Crippen molar-refractivity contribution in [3.8, 4) is 0 Å². The molecule has 2 N–H and O–H groups in total. The normalized spacial score (nSPS) is 11.9. The molecule has 0 aromatic heterocycles. The topological polar surface area (TPSA) is 66.4 Å². The molecule has 0 unspecified atom stereocenters. The number of hydrogen-bond acceptors (Lipinski definition) is 4. The minimum Gasteiger partial charge on any atom is -0.396 e. The lowest BCUT2D eigenvalue weighted by Crippen LogP contribution is -2.46. The smallest absolute Gasteiger partial charge is 0.206 e. The Kier molecular flexibility index (Phi) is 8.93. The van der Waals surface area contributed by atoms with Gasteiger partial charge in [0.2, 0.25) is 9.84 Å². The molecule has 0 saturated carbocycles. The SMILES string of the molecule is Cc1ccc(S(=O)(=O)c2ccccc2C(NCCCCCCO)(c2ccccc2)c2ccccc2)cc1. The van der Waals surface area contributed by atoms with Crippen LogP contribution in [0.1, 0.15) is 47.9 Å². The number of nitrogens with one attached hydrogen (secondary N) is 1. The van der Waals surface area contributed by atoms with Gasteiger partial charge in [-0.15, -0.1) is 0 Å². The van der Waals surface area contributed by atoms with E-state index in [9.17, 15) is 8.42 Å². The predicted octanol–water partition coefficient (Wildman–Crippen LogP) is 6.26. The maximum absolute atomic E-state index is 14.1. The van der Waals surface area contributed by atoms with Crippen LogP contribution in [0.25, 0.3) is 0 Å². The zero-order chi connectivity index (χ0) is 26.1. The number of aliphatic hydroxyl groups excluding tert-OH is 1. The summed E-state index contributed by atoms with van der Waals surface area (Å²) in [6.45, 7) is 2.84. The van der Waals surface area contributed by atoms with Crippen molar-refractivity contribution in [3.63, 3.8) is 0 Å². The summed E-state index contributed by atoms with van der Waals surface area (Å²) in [6, 6.07) is 34.5. The lowest BCUT2D eigenvalue weighted by atomic mass is 9.77. The summed E-state index contributed by atoms with van der Waals surface area (Å²) in [7, 11) is -3.80. The van der Waals surface area contributed by atoms with Crippen molar-refractivity contribution in [2.75, 3.05) is 13.2 Å². The van der Waals surface area contributed by atoms with Gasteiger partial charge in [0.05, 0.1) is 15.3 Å². The van der Waals surface area contributed by atoms with Crippen molar-refractivity contribution in [2.24, 2.45) is 0 Å². The number of aliphatic hydroxyl groups is 1. The molecular weight excluding hydrogens is 478 g/mol. The van der Waals surface area contributed by atoms with Crippen LogP contribution in [0.2, 0.25) is 0 Å². The second-order valence-corrected chi connectivity index (χ2v) is 11.3. The molecule has 192 valence electrons. The Balaban J connectivity index is 1.91. The van der Waals surface area contributed by atoms with Crippen LogP contribution >= 0.6 is 0 Å². The molecule has 0 aliphatic rings. The maximum atomic E-state index is 14.1. The molecule has 0 aliphatic heterocycles. The minimum atomic E-state index is -3.80. The predicted molar refractivity (Wildman–Crippen MR) is 149 cm³/mol. The van der Waals surface area contributed by atoms with E-state index >= 15 is 0 Å². The van der Waals surface area contributed by atoms with Crippen molar-refractivity contribution in [3.05, 3.63) is 131 Å². The molecule has 4 rings (SSSR count). The quantitative estimate of drug-likeness (QED) is 0.173. The first-order valence-electron chi connectivity index (χ1n) is 12.9. The molecule has 0 saturated heterocycles. The van der Waals surface area contributed by atoms with Gasteiger partial charge in [-0.3, -0.25) is 5.32 Å². The maximum Gasteiger partial charge on any atom is 0.206 e. The van der Waals surface area contributed by atoms with Gasteiger partial charge in [-0.2, -0.15) is 0 Å². The van der Waals surface area contributed by atoms with Gasteiger partial charge in [0.1, 0.15) is 0 Å². The fourth-order valence-corrected chi connectivity index (χ4v) is 6.39. The summed E-state index contributed by atoms with van der Waals surface area (Å²) >= 11 is 0. The Morgan fingerprint density at radius 3 is 1.81 bits per heavy atom. The van der Waals surface area contributed by atoms with E-state index in [0.29, 0.717) is 17.0 Å². The van der Waals surface area contributed by atoms with E-state index in [1.165, 1.54) is 0 Å². The van der Waals surface area contributed by atoms with Gasteiger partial charge in [0.15, 0.2) is 0 Å². The first-order valence-corrected chi connectivity index (χ1v) is 14.4. The summed E-state index contributed by atoms with van der Waals surface area (Å²) in [5, 5.41) is 12.9. The van der Waals surface area contributed by atoms with Gasteiger partial charge in [-0.25, -0.2) is 8.42 Å². The lowest BCUT2D eigenvalue weighted by Gasteiger charge is -2.38. The number of benzene rings is 4. The standard InChI is InChI=1S/C32H35NO3S/c1-26-20-22-29(23-21-26)37(35,36)31-19-11-10-18-30(31)32(27-14-6-4-7-15-27,28-16-8-5-9-17-28)33-24-12-2-3-13-25-34/h4-11,14-23,33-34H,2-3,12-13,24-25H2,1H3. The first-order chi connectivity index (χ1) is 18.0. The Labute approximate surface area is 220 Å². The summed E-state index contributed by atoms with van der Waals surface area (Å²) in [5.41, 5.74) is 2.78. The second kappa shape index (κ2) is 12.3. The summed E-state index contributed by atoms with van der Waals surface area (Å²) < 4.78 is 28.1. The summed E-state index contributed by atoms with van der Waals surface area (Å²) in [5.74, 6) is 0. The van der Waals surface area contributed by atoms with Crippen LogP contribution in [-0.4, -0.2) is 26.7 Å². The van der Waals surface area contributed by atoms with E-state index in [1.54, 1.807) is 24.3 Å². The van der Waals surface area contributed by atoms with Gasteiger partial charge in [0, 0.05) is 12.2 Å². The van der Waals surface area contributed by atoms with Crippen molar-refractivity contribution in [1.82, 2.24) is 5.32 Å². The fourth-order valence-electron chi connectivity index (χ4n) is 4.87. The average Bonchev–Trinajstić information content (AvgIpc) is 2.94. The molecule has 0 heterocycles. The van der Waals surface area contributed by atoms with Crippen molar-refractivity contribution < 1.29 is 13.5 Å². The van der Waals surface area contributed by atoms with Crippen LogP contribution in [0.4, 0.5) is 0 Å². The van der Waals surface area contributed by atoms with E-state index < -0.39 is 15.4 Å². The van der Waals surface area contributed by atoms with Crippen molar-refractivity contribution in [2.45, 2.75) is 47.9 Å². The van der Waals surface area contributed by atoms with Gasteiger partial charge >= 0.3 is 0 Å². The first kappa shape index (κ1) is 26.8. The van der Waals surface area contributed by atoms with Gasteiger partial charge in [0.25, 0.3) is 0 Å². The summed E-state index contributed by atoms with van der Waals surface area (Å²) in [4.78, 5) is 0.573. The number of unbranched alkanes of at least 4 members (excludes halogenated alkanes) is 3. The number of sulfone groups is 1. The van der Waals surface area contributed by atoms with Crippen LogP contribution in [0, 0.1) is 6.92 Å². The molecule has 0 atom stereocenters. The highest BCUT2D eigenvalue weighted by Gasteiger charge is 2.40. The fraction of sp³-hybridized carbons (Fsp3) is 0.250. The Morgan fingerprint density at radius 2 is 1.22 bits per heavy atom. The second-order valence-electron chi connectivity index (χ2n) is 9.36. The summed E-state index contributed by atoms with van der Waals surface area (Å²) in [6.07, 6.45) is 3.64. The molecule has 0 bridgehead atoms. The van der Waals surface area contributed by atoms with Gasteiger partial charge in [-0.05, 0) is 55.6 Å². The van der Waals surface area contributed by atoms with E-state index in [-0.39, 0.29) is 11.5 Å². The number of hydrogen-bond donors (Lipinski definition) is 2. The van der Waals surface area contributed by atoms with Crippen LogP contribution < -0.4 is 5.32 Å². The van der Waals surface area contributed by atoms with Gasteiger partial charge in [-0.1, -0.05) is 109 Å². The highest BCUT2D eigenvalue weighted by molar-refractivity contribution is 7.91. The number of aryl methyl sites for hydroxylation is 1. The molecule has 0 amide bonds. The molecule has 0 radical (unpaired) electrons. The monoisotopic (exact) mass is 513 g/mol. The van der Waals surface area contributed by atoms with Crippen molar-refractivity contribution in [1.29, 1.82) is 0 Å². The highest BCUT2D eigenvalue weighted by Crippen LogP contribution is 2.41. The Hall–Kier alpha value is -3.25. The Morgan fingerprint density at radius 1 is 0.676 bits per heavy atom. The van der Waals surface area contributed by atoms with Crippen LogP contribution in [0.15, 0.2) is 119 Å². The minimum absolute atomic E-state index is 0.204. The third-order valence-electron chi connectivity index (χ3n) is 6.80. The Bertz CT molecular complexity index is 1330. The third kappa shape index (κ3) is 5.85. The van der Waals surface area contributed by atoms with Crippen LogP contribution in [-0.2, 0) is 15.4 Å². The van der Waals surface area contributed by atoms with Crippen LogP contribution in [0.3, 0.4) is 0 Å². The van der Waals surface area contributed by atoms with Gasteiger partial charge < -0.3 is 5.11 Å². The molecule has 4 aromatic rings. The molecule has 0 spiro atoms. The zero-order valence-electron chi connectivity index (χ0n) is 21.3. The van der Waals surface area contributed by atoms with E-state index in [1.807, 2.05) is 67.6 Å². The largest absolute Gasteiger partial charge is 0.396 e. The lowest BCUT2D eigenvalue weighted by molar-refractivity contribution is 0.282.